The first-order valence-electron chi connectivity index (χ1n) is 8.79. The van der Waals surface area contributed by atoms with E-state index in [2.05, 4.69) is 29.7 Å². The summed E-state index contributed by atoms with van der Waals surface area (Å²) >= 11 is 0. The Morgan fingerprint density at radius 1 is 1.23 bits per heavy atom. The zero-order valence-electron chi connectivity index (χ0n) is 17.5. The molecule has 1 aromatic heterocycles. The van der Waals surface area contributed by atoms with Gasteiger partial charge in [-0.05, 0) is 13.8 Å². The molecule has 0 fully saturated rings. The normalized spacial score (nSPS) is 7.81. The maximum Gasteiger partial charge on any atom is 0.302 e. The van der Waals surface area contributed by atoms with Crippen molar-refractivity contribution >= 4 is 5.97 Å². The van der Waals surface area contributed by atoms with Crippen LogP contribution in [0.5, 0.6) is 0 Å². The number of halogens is 1. The maximum absolute atomic E-state index is 9.82. The summed E-state index contributed by atoms with van der Waals surface area (Å²) in [6.07, 6.45) is 13.4. The number of carbonyl (C=O) groups excluding carboxylic acids is 1. The van der Waals surface area contributed by atoms with Crippen LogP contribution in [0.15, 0.2) is 31.4 Å². The molecule has 0 saturated carbocycles. The van der Waals surface area contributed by atoms with Crippen LogP contribution in [0.1, 0.15) is 60.3 Å². The Balaban J connectivity index is -0.0000000781. The number of aliphatic hydroxyl groups excluding tert-OH is 1. The van der Waals surface area contributed by atoms with Crippen LogP contribution in [0.3, 0.4) is 0 Å². The van der Waals surface area contributed by atoms with E-state index in [1.165, 1.54) is 32.6 Å². The van der Waals surface area contributed by atoms with Gasteiger partial charge in [-0.2, -0.15) is 0 Å². The van der Waals surface area contributed by atoms with E-state index in [9.17, 15) is 4.79 Å². The number of carbonyl (C=O) groups is 1. The second kappa shape index (κ2) is 31.6. The molecular weight excluding hydrogens is 400 g/mol. The summed E-state index contributed by atoms with van der Waals surface area (Å²) in [6.45, 7) is 14.6. The largest absolute Gasteiger partial charge is 1.00 e. The predicted octanol–water partition coefficient (Wildman–Crippen LogP) is -0.167. The summed E-state index contributed by atoms with van der Waals surface area (Å²) in [5.74, 6) is -0.211. The topological polar surface area (TPSA) is 86.8 Å². The van der Waals surface area contributed by atoms with Gasteiger partial charge >= 0.3 is 5.97 Å². The minimum atomic E-state index is -0.211. The number of rotatable bonds is 6. The fraction of sp³-hybridized carbons (Fsp3) is 0.684. The molecule has 0 aromatic carbocycles. The van der Waals surface area contributed by atoms with Gasteiger partial charge in [0.15, 0.2) is 0 Å². The van der Waals surface area contributed by atoms with Gasteiger partial charge in [-0.1, -0.05) is 52.2 Å². The summed E-state index contributed by atoms with van der Waals surface area (Å²) in [5, 5.41) is 7.57. The van der Waals surface area contributed by atoms with Crippen LogP contribution in [-0.2, 0) is 23.1 Å². The molecule has 0 unspecified atom stereocenters. The number of imidazole rings is 1. The second-order valence-electron chi connectivity index (χ2n) is 5.01. The van der Waals surface area contributed by atoms with E-state index in [0.717, 1.165) is 6.54 Å². The lowest BCUT2D eigenvalue weighted by molar-refractivity contribution is -0.671. The Kier molecular flexibility index (Phi) is 43.5. The van der Waals surface area contributed by atoms with E-state index < -0.39 is 0 Å². The molecule has 1 heterocycles. The first kappa shape index (κ1) is 35.8. The Morgan fingerprint density at radius 2 is 1.69 bits per heavy atom. The molecule has 0 bridgehead atoms. The van der Waals surface area contributed by atoms with Crippen molar-refractivity contribution in [2.24, 2.45) is 7.05 Å². The Hall–Kier alpha value is -1.18. The summed E-state index contributed by atoms with van der Waals surface area (Å²) in [6, 6.07) is 0. The van der Waals surface area contributed by atoms with Crippen molar-refractivity contribution in [2.45, 2.75) is 66.8 Å². The van der Waals surface area contributed by atoms with E-state index in [0.29, 0.717) is 6.61 Å². The summed E-state index contributed by atoms with van der Waals surface area (Å²) in [7, 11) is 2.00. The molecular formula is C19H41BrN2O4. The molecule has 0 aliphatic heterocycles. The molecule has 0 aliphatic rings. The first-order valence-corrected chi connectivity index (χ1v) is 8.79. The minimum Gasteiger partial charge on any atom is -1.00 e. The van der Waals surface area contributed by atoms with Gasteiger partial charge in [0.05, 0.1) is 13.7 Å². The second-order valence-corrected chi connectivity index (χ2v) is 5.01. The van der Waals surface area contributed by atoms with Crippen molar-refractivity contribution < 1.29 is 41.7 Å². The highest BCUT2D eigenvalue weighted by Gasteiger charge is 1.93. The van der Waals surface area contributed by atoms with E-state index in [-0.39, 0.29) is 35.0 Å². The lowest BCUT2D eigenvalue weighted by atomic mass is 10.2. The SMILES string of the molecule is C=CCn1cc[n+](C)c1.CCCCCC.CCO.CCOC(C)=O.O.[Br-]. The number of ether oxygens (including phenoxy) is 1. The smallest absolute Gasteiger partial charge is 0.302 e. The highest BCUT2D eigenvalue weighted by Crippen LogP contribution is 1.95. The lowest BCUT2D eigenvalue weighted by Gasteiger charge is -1.89. The fourth-order valence-corrected chi connectivity index (χ4v) is 1.46. The van der Waals surface area contributed by atoms with Crippen molar-refractivity contribution in [2.75, 3.05) is 13.2 Å². The van der Waals surface area contributed by atoms with E-state index >= 15 is 0 Å². The molecule has 0 amide bonds. The monoisotopic (exact) mass is 440 g/mol. The van der Waals surface area contributed by atoms with E-state index in [1.807, 2.05) is 36.4 Å². The number of hydrogen-bond donors (Lipinski definition) is 1. The molecule has 3 N–H and O–H groups in total. The number of aromatic nitrogens is 2. The van der Waals surface area contributed by atoms with Crippen LogP contribution in [0.4, 0.5) is 0 Å². The molecule has 1 rings (SSSR count). The van der Waals surface area contributed by atoms with Gasteiger partial charge in [0, 0.05) is 13.5 Å². The first-order chi connectivity index (χ1) is 11.4. The average Bonchev–Trinajstić information content (AvgIpc) is 2.93. The van der Waals surface area contributed by atoms with Gasteiger partial charge in [-0.15, -0.1) is 0 Å². The van der Waals surface area contributed by atoms with Crippen LogP contribution in [0, 0.1) is 0 Å². The van der Waals surface area contributed by atoms with E-state index in [1.54, 1.807) is 13.8 Å². The fourth-order valence-electron chi connectivity index (χ4n) is 1.46. The minimum absolute atomic E-state index is 0. The van der Waals surface area contributed by atoms with Crippen LogP contribution >= 0.6 is 0 Å². The molecule has 0 spiro atoms. The van der Waals surface area contributed by atoms with Crippen LogP contribution in [-0.4, -0.2) is 34.3 Å². The molecule has 0 aliphatic carbocycles. The zero-order chi connectivity index (χ0) is 19.2. The highest BCUT2D eigenvalue weighted by atomic mass is 79.9. The number of esters is 1. The molecule has 0 saturated heterocycles. The number of allylic oxidation sites excluding steroid dienone is 1. The molecule has 7 heteroatoms. The molecule has 26 heavy (non-hydrogen) atoms. The van der Waals surface area contributed by atoms with Crippen molar-refractivity contribution in [1.82, 2.24) is 4.57 Å². The van der Waals surface area contributed by atoms with Gasteiger partial charge in [-0.3, -0.25) is 4.79 Å². The third-order valence-electron chi connectivity index (χ3n) is 2.47. The molecule has 6 nitrogen and oxygen atoms in total. The zero-order valence-corrected chi connectivity index (χ0v) is 19.1. The Labute approximate surface area is 171 Å². The van der Waals surface area contributed by atoms with E-state index in [4.69, 9.17) is 5.11 Å². The predicted molar refractivity (Wildman–Crippen MR) is 104 cm³/mol. The Bertz CT molecular complexity index is 381. The van der Waals surface area contributed by atoms with Crippen LogP contribution in [0.25, 0.3) is 0 Å². The number of aryl methyl sites for hydroxylation is 1. The van der Waals surface area contributed by atoms with Gasteiger partial charge in [0.2, 0.25) is 6.33 Å². The van der Waals surface area contributed by atoms with Gasteiger partial charge in [0.1, 0.15) is 18.9 Å². The molecule has 158 valence electrons. The molecule has 0 radical (unpaired) electrons. The lowest BCUT2D eigenvalue weighted by Crippen LogP contribution is -3.00. The van der Waals surface area contributed by atoms with Crippen LogP contribution < -0.4 is 21.5 Å². The van der Waals surface area contributed by atoms with Crippen molar-refractivity contribution in [3.05, 3.63) is 31.4 Å². The van der Waals surface area contributed by atoms with Gasteiger partial charge in [0.25, 0.3) is 0 Å². The van der Waals surface area contributed by atoms with Crippen LogP contribution in [0.2, 0.25) is 0 Å². The number of nitrogens with zero attached hydrogens (tertiary/aromatic N) is 2. The highest BCUT2D eigenvalue weighted by molar-refractivity contribution is 5.65. The van der Waals surface area contributed by atoms with Crippen molar-refractivity contribution in [3.8, 4) is 0 Å². The standard InChI is InChI=1S/C7H11N2.C6H14.C4H8O2.C2H6O.BrH.H2O/c1-3-4-9-6-5-8(2)7-9;1-3-5-6-4-2;1-3-6-4(2)5;1-2-3;;/h3,5-7H,1,4H2,2H3;3-6H2,1-2H3;3H2,1-2H3;3H,2H2,1H3;1H;1H2/q+1;;;;;/p-1. The maximum atomic E-state index is 9.82. The number of aliphatic hydroxyl groups is 1. The van der Waals surface area contributed by atoms with Crippen molar-refractivity contribution in [1.29, 1.82) is 0 Å². The molecule has 0 atom stereocenters. The van der Waals surface area contributed by atoms with Crippen molar-refractivity contribution in [3.63, 3.8) is 0 Å². The average molecular weight is 441 g/mol. The Morgan fingerprint density at radius 3 is 1.88 bits per heavy atom. The summed E-state index contributed by atoms with van der Waals surface area (Å²) < 4.78 is 8.47. The summed E-state index contributed by atoms with van der Waals surface area (Å²) in [4.78, 5) is 9.82. The molecule has 1 aromatic rings. The summed E-state index contributed by atoms with van der Waals surface area (Å²) in [5.41, 5.74) is 0. The number of hydrogen-bond acceptors (Lipinski definition) is 3. The van der Waals surface area contributed by atoms with Gasteiger partial charge in [-0.25, -0.2) is 9.13 Å². The third kappa shape index (κ3) is 38.4. The van der Waals surface area contributed by atoms with Gasteiger partial charge < -0.3 is 32.3 Å². The quantitative estimate of drug-likeness (QED) is 0.288. The third-order valence-corrected chi connectivity index (χ3v) is 2.47. The number of unbranched alkanes of at least 4 members (excludes halogenated alkanes) is 3.